The van der Waals surface area contributed by atoms with Crippen LogP contribution in [0.5, 0.6) is 0 Å². The third-order valence-corrected chi connectivity index (χ3v) is 7.75. The van der Waals surface area contributed by atoms with Gasteiger partial charge in [-0.2, -0.15) is 0 Å². The van der Waals surface area contributed by atoms with E-state index in [1.54, 1.807) is 29.2 Å². The number of carboxylic acid groups (broad SMARTS) is 1. The standard InChI is InChI=1S/C24H26N4O5S/c25-23(26)18-6-8-19(9-7-18)28-15-20(27-11-13-34(32,33)14-12-27)22(24(28)31)17-4-1-16(2-5-17)3-10-21(29)30/h1-2,4-9H,3,10-15H2,(H3,25,26)(H,29,30). The van der Waals surface area contributed by atoms with Crippen molar-refractivity contribution in [1.29, 1.82) is 5.41 Å². The van der Waals surface area contributed by atoms with Crippen LogP contribution < -0.4 is 10.6 Å². The first kappa shape index (κ1) is 23.5. The number of hydrogen-bond acceptors (Lipinski definition) is 6. The number of nitrogen functional groups attached to an aromatic ring is 1. The molecule has 9 nitrogen and oxygen atoms in total. The van der Waals surface area contributed by atoms with Gasteiger partial charge in [0.05, 0.1) is 23.6 Å². The Kier molecular flexibility index (Phi) is 6.43. The molecule has 178 valence electrons. The highest BCUT2D eigenvalue weighted by atomic mass is 32.2. The summed E-state index contributed by atoms with van der Waals surface area (Å²) in [4.78, 5) is 28.0. The van der Waals surface area contributed by atoms with Gasteiger partial charge in [0.2, 0.25) is 0 Å². The Balaban J connectivity index is 1.67. The molecule has 1 fully saturated rings. The maximum absolute atomic E-state index is 13.6. The summed E-state index contributed by atoms with van der Waals surface area (Å²) in [6.07, 6.45) is 0.423. The zero-order valence-electron chi connectivity index (χ0n) is 18.5. The molecule has 0 atom stereocenters. The highest BCUT2D eigenvalue weighted by Gasteiger charge is 2.36. The molecule has 4 rings (SSSR count). The van der Waals surface area contributed by atoms with Crippen molar-refractivity contribution in [2.45, 2.75) is 12.8 Å². The molecular formula is C24H26N4O5S. The van der Waals surface area contributed by atoms with Gasteiger partial charge in [0.15, 0.2) is 9.84 Å². The van der Waals surface area contributed by atoms with Gasteiger partial charge >= 0.3 is 5.97 Å². The van der Waals surface area contributed by atoms with Crippen LogP contribution in [0.1, 0.15) is 23.1 Å². The number of carbonyl (C=O) groups excluding carboxylic acids is 1. The Bertz CT molecular complexity index is 1250. The second-order valence-corrected chi connectivity index (χ2v) is 10.7. The van der Waals surface area contributed by atoms with Crippen molar-refractivity contribution in [1.82, 2.24) is 4.90 Å². The molecular weight excluding hydrogens is 456 g/mol. The quantitative estimate of drug-likeness (QED) is 0.400. The van der Waals surface area contributed by atoms with E-state index < -0.39 is 15.8 Å². The predicted molar refractivity (Wildman–Crippen MR) is 129 cm³/mol. The summed E-state index contributed by atoms with van der Waals surface area (Å²) in [7, 11) is -3.08. The molecule has 2 aliphatic heterocycles. The van der Waals surface area contributed by atoms with Crippen molar-refractivity contribution in [3.8, 4) is 0 Å². The van der Waals surface area contributed by atoms with Crippen molar-refractivity contribution in [3.63, 3.8) is 0 Å². The van der Waals surface area contributed by atoms with Crippen LogP contribution in [-0.4, -0.2) is 67.3 Å². The van der Waals surface area contributed by atoms with Gasteiger partial charge in [-0.15, -0.1) is 0 Å². The molecule has 0 unspecified atom stereocenters. The minimum Gasteiger partial charge on any atom is -0.481 e. The van der Waals surface area contributed by atoms with Crippen LogP contribution >= 0.6 is 0 Å². The van der Waals surface area contributed by atoms with Gasteiger partial charge in [-0.25, -0.2) is 8.42 Å². The first-order valence-corrected chi connectivity index (χ1v) is 12.7. The molecule has 34 heavy (non-hydrogen) atoms. The topological polar surface area (TPSA) is 145 Å². The minimum absolute atomic E-state index is 0.0263. The number of rotatable bonds is 7. The fourth-order valence-electron chi connectivity index (χ4n) is 4.21. The molecule has 0 saturated carbocycles. The molecule has 4 N–H and O–H groups in total. The van der Waals surface area contributed by atoms with Crippen LogP contribution in [0.3, 0.4) is 0 Å². The summed E-state index contributed by atoms with van der Waals surface area (Å²) in [5, 5.41) is 16.5. The summed E-state index contributed by atoms with van der Waals surface area (Å²) in [5.74, 6) is -1.04. The number of carboxylic acids is 1. The minimum atomic E-state index is -3.08. The monoisotopic (exact) mass is 482 g/mol. The molecule has 2 aliphatic rings. The van der Waals surface area contributed by atoms with Crippen LogP contribution in [0.4, 0.5) is 5.69 Å². The van der Waals surface area contributed by atoms with Crippen LogP contribution in [0.25, 0.3) is 5.57 Å². The van der Waals surface area contributed by atoms with Gasteiger partial charge in [0.1, 0.15) is 5.84 Å². The summed E-state index contributed by atoms with van der Waals surface area (Å²) in [6.45, 7) is 0.943. The first-order valence-electron chi connectivity index (χ1n) is 10.9. The van der Waals surface area contributed by atoms with Crippen LogP contribution in [0.15, 0.2) is 54.2 Å². The lowest BCUT2D eigenvalue weighted by Crippen LogP contribution is -2.41. The lowest BCUT2D eigenvalue weighted by atomic mass is 10.0. The van der Waals surface area contributed by atoms with Crippen molar-refractivity contribution >= 4 is 38.8 Å². The molecule has 1 amide bonds. The number of amides is 1. The van der Waals surface area contributed by atoms with Crippen LogP contribution in [-0.2, 0) is 25.8 Å². The van der Waals surface area contributed by atoms with Crippen molar-refractivity contribution in [2.24, 2.45) is 5.73 Å². The molecule has 10 heteroatoms. The fraction of sp³-hybridized carbons (Fsp3) is 0.292. The van der Waals surface area contributed by atoms with Gasteiger partial charge in [0.25, 0.3) is 5.91 Å². The predicted octanol–water partition coefficient (Wildman–Crippen LogP) is 1.48. The SMILES string of the molecule is N=C(N)c1ccc(N2CC(N3CCS(=O)(=O)CC3)=C(c3ccc(CCC(=O)O)cc3)C2=O)cc1. The summed E-state index contributed by atoms with van der Waals surface area (Å²) < 4.78 is 23.9. The van der Waals surface area contributed by atoms with Crippen molar-refractivity contribution in [2.75, 3.05) is 36.0 Å². The number of nitrogens with zero attached hydrogens (tertiary/aromatic N) is 2. The number of sulfone groups is 1. The Morgan fingerprint density at radius 1 is 1.03 bits per heavy atom. The Morgan fingerprint density at radius 2 is 1.65 bits per heavy atom. The van der Waals surface area contributed by atoms with Crippen LogP contribution in [0, 0.1) is 5.41 Å². The molecule has 0 aliphatic carbocycles. The largest absolute Gasteiger partial charge is 0.481 e. The van der Waals surface area contributed by atoms with E-state index in [1.165, 1.54) is 0 Å². The van der Waals surface area contributed by atoms with E-state index in [4.69, 9.17) is 16.2 Å². The number of nitrogens with one attached hydrogen (secondary N) is 1. The van der Waals surface area contributed by atoms with E-state index >= 15 is 0 Å². The number of nitrogens with two attached hydrogens (primary N) is 1. The molecule has 1 saturated heterocycles. The zero-order chi connectivity index (χ0) is 24.5. The molecule has 2 aromatic rings. The second kappa shape index (κ2) is 9.30. The third-order valence-electron chi connectivity index (χ3n) is 6.14. The Morgan fingerprint density at radius 3 is 2.21 bits per heavy atom. The van der Waals surface area contributed by atoms with E-state index in [-0.39, 0.29) is 29.7 Å². The summed E-state index contributed by atoms with van der Waals surface area (Å²) >= 11 is 0. The summed E-state index contributed by atoms with van der Waals surface area (Å²) in [5.41, 5.74) is 9.61. The number of aryl methyl sites for hydroxylation is 1. The maximum Gasteiger partial charge on any atom is 0.303 e. The number of aliphatic carboxylic acids is 1. The first-order chi connectivity index (χ1) is 16.1. The fourth-order valence-corrected chi connectivity index (χ4v) is 5.41. The lowest BCUT2D eigenvalue weighted by Gasteiger charge is -2.30. The number of carbonyl (C=O) groups is 2. The normalized spacial score (nSPS) is 17.8. The molecule has 0 aromatic heterocycles. The van der Waals surface area contributed by atoms with E-state index in [9.17, 15) is 18.0 Å². The van der Waals surface area contributed by atoms with E-state index in [1.807, 2.05) is 29.2 Å². The number of anilines is 1. The van der Waals surface area contributed by atoms with E-state index in [0.717, 1.165) is 11.3 Å². The zero-order valence-corrected chi connectivity index (χ0v) is 19.3. The number of amidine groups is 1. The highest BCUT2D eigenvalue weighted by Crippen LogP contribution is 2.34. The van der Waals surface area contributed by atoms with Gasteiger partial charge in [-0.1, -0.05) is 24.3 Å². The summed E-state index contributed by atoms with van der Waals surface area (Å²) in [6, 6.07) is 14.1. The Hall–Kier alpha value is -3.66. The second-order valence-electron chi connectivity index (χ2n) is 8.40. The average molecular weight is 483 g/mol. The van der Waals surface area contributed by atoms with Crippen molar-refractivity contribution < 1.29 is 23.1 Å². The molecule has 0 radical (unpaired) electrons. The molecule has 2 aromatic carbocycles. The molecule has 0 spiro atoms. The van der Waals surface area contributed by atoms with Crippen LogP contribution in [0.2, 0.25) is 0 Å². The smallest absolute Gasteiger partial charge is 0.303 e. The van der Waals surface area contributed by atoms with Gasteiger partial charge in [-0.3, -0.25) is 15.0 Å². The highest BCUT2D eigenvalue weighted by molar-refractivity contribution is 7.91. The van der Waals surface area contributed by atoms with Gasteiger partial charge in [0, 0.05) is 36.5 Å². The third kappa shape index (κ3) is 4.96. The molecule has 0 bridgehead atoms. The van der Waals surface area contributed by atoms with Gasteiger partial charge < -0.3 is 20.6 Å². The lowest BCUT2D eigenvalue weighted by molar-refractivity contribution is -0.137. The molecule has 2 heterocycles. The van der Waals surface area contributed by atoms with E-state index in [0.29, 0.717) is 48.4 Å². The van der Waals surface area contributed by atoms with Gasteiger partial charge in [-0.05, 0) is 41.8 Å². The Labute approximate surface area is 197 Å². The van der Waals surface area contributed by atoms with Crippen molar-refractivity contribution in [3.05, 3.63) is 70.9 Å². The maximum atomic E-state index is 13.6. The number of hydrogen-bond donors (Lipinski definition) is 3. The average Bonchev–Trinajstić information content (AvgIpc) is 3.15. The van der Waals surface area contributed by atoms with E-state index in [2.05, 4.69) is 0 Å². The number of benzene rings is 2.